The Labute approximate surface area is 179 Å². The van der Waals surface area contributed by atoms with Crippen LogP contribution >= 0.6 is 35.7 Å². The highest BCUT2D eigenvalue weighted by atomic mass is 127. The highest BCUT2D eigenvalue weighted by Crippen LogP contribution is 2.33. The van der Waals surface area contributed by atoms with E-state index >= 15 is 0 Å². The minimum Gasteiger partial charge on any atom is -0.356 e. The van der Waals surface area contributed by atoms with Crippen LogP contribution in [-0.2, 0) is 4.79 Å². The highest BCUT2D eigenvalue weighted by molar-refractivity contribution is 14.0. The summed E-state index contributed by atoms with van der Waals surface area (Å²) in [5, 5.41) is 7.01. The largest absolute Gasteiger partial charge is 0.356 e. The molecule has 1 amide bonds. The lowest BCUT2D eigenvalue weighted by Gasteiger charge is -2.34. The van der Waals surface area contributed by atoms with Crippen LogP contribution < -0.4 is 10.6 Å². The molecule has 7 heteroatoms. The monoisotopic (exact) mass is 494 g/mol. The number of amides is 1. The fraction of sp³-hybridized carbons (Fsp3) is 0.895. The first kappa shape index (κ1) is 22.1. The summed E-state index contributed by atoms with van der Waals surface area (Å²) >= 11 is 1.96. The van der Waals surface area contributed by atoms with Gasteiger partial charge in [-0.3, -0.25) is 9.79 Å². The molecule has 1 saturated heterocycles. The van der Waals surface area contributed by atoms with E-state index in [4.69, 9.17) is 0 Å². The van der Waals surface area contributed by atoms with Crippen molar-refractivity contribution in [3.63, 3.8) is 0 Å². The number of thioether (sulfide) groups is 1. The molecule has 1 heterocycles. The number of rotatable bonds is 6. The van der Waals surface area contributed by atoms with E-state index in [2.05, 4.69) is 20.5 Å². The predicted octanol–water partition coefficient (Wildman–Crippen LogP) is 3.09. The molecule has 1 aliphatic heterocycles. The van der Waals surface area contributed by atoms with Crippen LogP contribution in [0.1, 0.15) is 51.4 Å². The zero-order valence-electron chi connectivity index (χ0n) is 16.0. The Morgan fingerprint density at radius 2 is 1.81 bits per heavy atom. The van der Waals surface area contributed by atoms with E-state index in [0.29, 0.717) is 11.9 Å². The second kappa shape index (κ2) is 11.6. The topological polar surface area (TPSA) is 56.7 Å². The van der Waals surface area contributed by atoms with Crippen molar-refractivity contribution >= 4 is 47.6 Å². The summed E-state index contributed by atoms with van der Waals surface area (Å²) in [4.78, 5) is 19.1. The number of nitrogens with zero attached hydrogens (tertiary/aromatic N) is 2. The number of aliphatic imine (C=N–C) groups is 1. The van der Waals surface area contributed by atoms with E-state index in [9.17, 15) is 4.79 Å². The number of carbonyl (C=O) groups excluding carboxylic acids is 1. The number of guanidine groups is 1. The lowest BCUT2D eigenvalue weighted by atomic mass is 9.85. The summed E-state index contributed by atoms with van der Waals surface area (Å²) in [6.07, 6.45) is 9.63. The smallest absolute Gasteiger partial charge is 0.225 e. The van der Waals surface area contributed by atoms with E-state index < -0.39 is 0 Å². The van der Waals surface area contributed by atoms with Crippen molar-refractivity contribution < 1.29 is 4.79 Å². The summed E-state index contributed by atoms with van der Waals surface area (Å²) in [5.41, 5.74) is 0. The number of nitrogens with one attached hydrogen (secondary N) is 2. The summed E-state index contributed by atoms with van der Waals surface area (Å²) in [5.74, 6) is 4.79. The van der Waals surface area contributed by atoms with Crippen LogP contribution in [0.4, 0.5) is 0 Å². The Morgan fingerprint density at radius 3 is 2.42 bits per heavy atom. The maximum Gasteiger partial charge on any atom is 0.225 e. The SMILES string of the molecule is CN=C(NCCCC1CC1)NC1CCC(C(=O)N2CCSCC2)CC1.I. The Morgan fingerprint density at radius 1 is 1.12 bits per heavy atom. The third kappa shape index (κ3) is 7.09. The number of carbonyl (C=O) groups is 1. The van der Waals surface area contributed by atoms with Crippen LogP contribution in [0.15, 0.2) is 4.99 Å². The van der Waals surface area contributed by atoms with E-state index in [0.717, 1.165) is 68.7 Å². The first-order chi connectivity index (χ1) is 12.3. The van der Waals surface area contributed by atoms with Gasteiger partial charge >= 0.3 is 0 Å². The van der Waals surface area contributed by atoms with Crippen LogP contribution in [0.25, 0.3) is 0 Å². The molecule has 150 valence electrons. The number of hydrogen-bond acceptors (Lipinski definition) is 3. The van der Waals surface area contributed by atoms with E-state index in [-0.39, 0.29) is 29.9 Å². The Hall–Kier alpha value is -0.180. The van der Waals surface area contributed by atoms with Gasteiger partial charge in [0.1, 0.15) is 0 Å². The molecule has 0 radical (unpaired) electrons. The fourth-order valence-electron chi connectivity index (χ4n) is 3.92. The zero-order chi connectivity index (χ0) is 17.5. The van der Waals surface area contributed by atoms with Crippen molar-refractivity contribution in [2.45, 2.75) is 57.4 Å². The second-order valence-electron chi connectivity index (χ2n) is 7.72. The van der Waals surface area contributed by atoms with Crippen LogP contribution in [0.2, 0.25) is 0 Å². The normalized spacial score (nSPS) is 26.8. The van der Waals surface area contributed by atoms with Crippen LogP contribution in [0.3, 0.4) is 0 Å². The molecule has 3 aliphatic rings. The Bertz CT molecular complexity index is 458. The molecular weight excluding hydrogens is 459 g/mol. The van der Waals surface area contributed by atoms with Crippen molar-refractivity contribution in [2.75, 3.05) is 38.2 Å². The summed E-state index contributed by atoms with van der Waals surface area (Å²) in [7, 11) is 1.85. The standard InChI is InChI=1S/C19H34N4OS.HI/c1-20-19(21-10-2-3-15-4-5-15)22-17-8-6-16(7-9-17)18(24)23-11-13-25-14-12-23;/h15-17H,2-14H2,1H3,(H2,20,21,22);1H. The maximum absolute atomic E-state index is 12.6. The summed E-state index contributed by atoms with van der Waals surface area (Å²) < 4.78 is 0. The van der Waals surface area contributed by atoms with Crippen molar-refractivity contribution in [2.24, 2.45) is 16.8 Å². The molecule has 5 nitrogen and oxygen atoms in total. The average molecular weight is 494 g/mol. The van der Waals surface area contributed by atoms with Crippen molar-refractivity contribution in [3.05, 3.63) is 0 Å². The van der Waals surface area contributed by atoms with Crippen molar-refractivity contribution in [3.8, 4) is 0 Å². The molecular formula is C19H35IN4OS. The van der Waals surface area contributed by atoms with Gasteiger partial charge in [0.25, 0.3) is 0 Å². The molecule has 3 rings (SSSR count). The Balaban J connectivity index is 0.00000243. The van der Waals surface area contributed by atoms with Gasteiger partial charge in [-0.2, -0.15) is 11.8 Å². The van der Waals surface area contributed by atoms with Gasteiger partial charge in [-0.1, -0.05) is 12.8 Å². The molecule has 0 unspecified atom stereocenters. The minimum atomic E-state index is 0. The third-order valence-electron chi connectivity index (χ3n) is 5.74. The van der Waals surface area contributed by atoms with Gasteiger partial charge in [0.15, 0.2) is 5.96 Å². The van der Waals surface area contributed by atoms with Gasteiger partial charge in [0, 0.05) is 50.1 Å². The highest BCUT2D eigenvalue weighted by Gasteiger charge is 2.30. The lowest BCUT2D eigenvalue weighted by Crippen LogP contribution is -2.47. The molecule has 0 spiro atoms. The molecule has 2 N–H and O–H groups in total. The lowest BCUT2D eigenvalue weighted by molar-refractivity contribution is -0.136. The molecule has 2 saturated carbocycles. The maximum atomic E-state index is 12.6. The molecule has 0 aromatic rings. The van der Waals surface area contributed by atoms with Gasteiger partial charge in [-0.25, -0.2) is 0 Å². The minimum absolute atomic E-state index is 0. The Kier molecular flexibility index (Phi) is 9.88. The average Bonchev–Trinajstić information content (AvgIpc) is 3.49. The molecule has 0 aromatic heterocycles. The third-order valence-corrected chi connectivity index (χ3v) is 6.68. The van der Waals surface area contributed by atoms with Gasteiger partial charge in [0.05, 0.1) is 0 Å². The number of halogens is 1. The molecule has 3 fully saturated rings. The molecule has 2 aliphatic carbocycles. The zero-order valence-corrected chi connectivity index (χ0v) is 19.2. The summed E-state index contributed by atoms with van der Waals surface area (Å²) in [6.45, 7) is 2.90. The first-order valence-electron chi connectivity index (χ1n) is 10.1. The fourth-order valence-corrected chi connectivity index (χ4v) is 4.82. The predicted molar refractivity (Wildman–Crippen MR) is 122 cm³/mol. The van der Waals surface area contributed by atoms with E-state index in [1.807, 2.05) is 18.8 Å². The quantitative estimate of drug-likeness (QED) is 0.258. The van der Waals surface area contributed by atoms with Crippen LogP contribution in [0.5, 0.6) is 0 Å². The molecule has 0 aromatic carbocycles. The van der Waals surface area contributed by atoms with Crippen LogP contribution in [-0.4, -0.2) is 61.0 Å². The van der Waals surface area contributed by atoms with Gasteiger partial charge in [-0.15, -0.1) is 24.0 Å². The van der Waals surface area contributed by atoms with E-state index in [1.54, 1.807) is 0 Å². The van der Waals surface area contributed by atoms with Gasteiger partial charge in [0.2, 0.25) is 5.91 Å². The van der Waals surface area contributed by atoms with Crippen molar-refractivity contribution in [1.29, 1.82) is 0 Å². The first-order valence-corrected chi connectivity index (χ1v) is 11.3. The van der Waals surface area contributed by atoms with Crippen molar-refractivity contribution in [1.82, 2.24) is 15.5 Å². The summed E-state index contributed by atoms with van der Waals surface area (Å²) in [6, 6.07) is 0.454. The van der Waals surface area contributed by atoms with Gasteiger partial charge in [-0.05, 0) is 44.4 Å². The van der Waals surface area contributed by atoms with E-state index in [1.165, 1.54) is 25.7 Å². The van der Waals surface area contributed by atoms with Gasteiger partial charge < -0.3 is 15.5 Å². The molecule has 26 heavy (non-hydrogen) atoms. The second-order valence-corrected chi connectivity index (χ2v) is 8.94. The van der Waals surface area contributed by atoms with Crippen LogP contribution in [0, 0.1) is 11.8 Å². The molecule has 0 atom stereocenters. The number of hydrogen-bond donors (Lipinski definition) is 2. The molecule has 0 bridgehead atoms.